The maximum Gasteiger partial charge on any atom is 0.106 e. The van der Waals surface area contributed by atoms with E-state index >= 15 is 0 Å². The predicted molar refractivity (Wildman–Crippen MR) is 63.3 cm³/mol. The molecule has 0 nitrogen and oxygen atoms in total. The van der Waals surface area contributed by atoms with Gasteiger partial charge in [0.15, 0.2) is 0 Å². The molecular weight excluding hydrogens is 179 g/mol. The second-order valence-electron chi connectivity index (χ2n) is 7.56. The van der Waals surface area contributed by atoms with E-state index in [9.17, 15) is 0 Å². The van der Waals surface area contributed by atoms with Gasteiger partial charge >= 0.3 is 0 Å². The normalized spacial score (nSPS) is 72.9. The first kappa shape index (κ1) is 8.20. The summed E-state index contributed by atoms with van der Waals surface area (Å²) >= 11 is 0. The molecule has 5 unspecified atom stereocenters. The standard InChI is InChI=1S/C14H21B/c15-14-7-4-9-8-1-6-2-11(9)13(14)12(3-6)10(8)5-7/h6-14H,1-5,15H2. The van der Waals surface area contributed by atoms with Gasteiger partial charge in [0.1, 0.15) is 7.85 Å². The summed E-state index contributed by atoms with van der Waals surface area (Å²) in [6, 6.07) is 0. The average molecular weight is 200 g/mol. The third-order valence-electron chi connectivity index (χ3n) is 7.51. The van der Waals surface area contributed by atoms with E-state index in [4.69, 9.17) is 0 Å². The van der Waals surface area contributed by atoms with Crippen molar-refractivity contribution in [1.29, 1.82) is 0 Å². The van der Waals surface area contributed by atoms with E-state index in [0.717, 1.165) is 11.7 Å². The van der Waals surface area contributed by atoms with Gasteiger partial charge in [-0.1, -0.05) is 5.82 Å². The molecule has 0 heterocycles. The molecule has 0 N–H and O–H groups in total. The molecule has 7 fully saturated rings. The molecule has 7 saturated carbocycles. The van der Waals surface area contributed by atoms with Gasteiger partial charge in [-0.25, -0.2) is 0 Å². The Morgan fingerprint density at radius 3 is 1.87 bits per heavy atom. The van der Waals surface area contributed by atoms with Crippen LogP contribution in [0.1, 0.15) is 32.1 Å². The van der Waals surface area contributed by atoms with Crippen molar-refractivity contribution in [2.24, 2.45) is 47.3 Å². The Kier molecular flexibility index (Phi) is 1.28. The third-order valence-corrected chi connectivity index (χ3v) is 7.51. The maximum absolute atomic E-state index is 2.60. The minimum Gasteiger partial charge on any atom is -0.0636 e. The molecule has 15 heavy (non-hydrogen) atoms. The van der Waals surface area contributed by atoms with Gasteiger partial charge in [-0.15, -0.1) is 0 Å². The largest absolute Gasteiger partial charge is 0.106 e. The van der Waals surface area contributed by atoms with Crippen LogP contribution in [-0.2, 0) is 0 Å². The molecule has 0 saturated heterocycles. The molecule has 0 aromatic rings. The summed E-state index contributed by atoms with van der Waals surface area (Å²) in [5.41, 5.74) is 0. The SMILES string of the molecule is BC1C2CC3C4CC5CC3C1C(C5)C4C2. The van der Waals surface area contributed by atoms with E-state index in [-0.39, 0.29) is 0 Å². The van der Waals surface area contributed by atoms with Gasteiger partial charge < -0.3 is 0 Å². The topological polar surface area (TPSA) is 0 Å². The van der Waals surface area contributed by atoms with Crippen molar-refractivity contribution < 1.29 is 0 Å². The van der Waals surface area contributed by atoms with Gasteiger partial charge in [-0.2, -0.15) is 0 Å². The van der Waals surface area contributed by atoms with E-state index < -0.39 is 0 Å². The van der Waals surface area contributed by atoms with Crippen molar-refractivity contribution in [3.63, 3.8) is 0 Å². The van der Waals surface area contributed by atoms with Crippen LogP contribution in [0.2, 0.25) is 5.82 Å². The van der Waals surface area contributed by atoms with E-state index in [0.29, 0.717) is 0 Å². The molecule has 0 aromatic heterocycles. The molecule has 8 bridgehead atoms. The molecule has 7 rings (SSSR count). The fraction of sp³-hybridized carbons (Fsp3) is 1.00. The lowest BCUT2D eigenvalue weighted by Crippen LogP contribution is -2.64. The predicted octanol–water partition coefficient (Wildman–Crippen LogP) is 2.36. The van der Waals surface area contributed by atoms with E-state index in [1.165, 1.54) is 41.4 Å². The monoisotopic (exact) mass is 200 g/mol. The molecule has 7 aliphatic carbocycles. The fourth-order valence-corrected chi connectivity index (χ4v) is 7.32. The zero-order chi connectivity index (χ0) is 9.73. The summed E-state index contributed by atoms with van der Waals surface area (Å²) in [6.45, 7) is 0. The van der Waals surface area contributed by atoms with Crippen molar-refractivity contribution in [2.75, 3.05) is 0 Å². The quantitative estimate of drug-likeness (QED) is 0.526. The molecule has 0 aromatic carbocycles. The van der Waals surface area contributed by atoms with Gasteiger partial charge in [-0.3, -0.25) is 0 Å². The van der Waals surface area contributed by atoms with Gasteiger partial charge in [0, 0.05) is 0 Å². The highest BCUT2D eigenvalue weighted by Gasteiger charge is 2.65. The summed E-state index contributed by atoms with van der Waals surface area (Å²) < 4.78 is 0. The van der Waals surface area contributed by atoms with Crippen LogP contribution in [0.15, 0.2) is 0 Å². The van der Waals surface area contributed by atoms with Crippen molar-refractivity contribution in [3.8, 4) is 0 Å². The van der Waals surface area contributed by atoms with E-state index in [1.807, 2.05) is 0 Å². The molecule has 0 aliphatic heterocycles. The molecule has 80 valence electrons. The summed E-state index contributed by atoms with van der Waals surface area (Å²) in [5, 5.41) is 0. The molecule has 0 spiro atoms. The van der Waals surface area contributed by atoms with Crippen LogP contribution in [0.25, 0.3) is 0 Å². The van der Waals surface area contributed by atoms with E-state index in [2.05, 4.69) is 7.85 Å². The molecule has 1 heteroatoms. The fourth-order valence-electron chi connectivity index (χ4n) is 7.32. The summed E-state index contributed by atoms with van der Waals surface area (Å²) in [4.78, 5) is 0. The number of hydrogen-bond donors (Lipinski definition) is 0. The van der Waals surface area contributed by atoms with Gasteiger partial charge in [-0.05, 0) is 79.4 Å². The van der Waals surface area contributed by atoms with Gasteiger partial charge in [0.25, 0.3) is 0 Å². The van der Waals surface area contributed by atoms with Gasteiger partial charge in [0.2, 0.25) is 0 Å². The van der Waals surface area contributed by atoms with Crippen molar-refractivity contribution >= 4 is 7.85 Å². The smallest absolute Gasteiger partial charge is 0.0636 e. The average Bonchev–Trinajstić information content (AvgIpc) is 2.26. The first-order chi connectivity index (χ1) is 7.33. The Bertz CT molecular complexity index is 301. The first-order valence-corrected chi connectivity index (χ1v) is 7.33. The number of hydrogen-bond acceptors (Lipinski definition) is 0. The lowest BCUT2D eigenvalue weighted by molar-refractivity contribution is -0.202. The molecular formula is C14H21B. The van der Waals surface area contributed by atoms with Crippen molar-refractivity contribution in [1.82, 2.24) is 0 Å². The van der Waals surface area contributed by atoms with Crippen LogP contribution in [-0.4, -0.2) is 7.85 Å². The zero-order valence-electron chi connectivity index (χ0n) is 9.73. The minimum absolute atomic E-state index is 1.10. The Labute approximate surface area is 93.6 Å². The van der Waals surface area contributed by atoms with Crippen LogP contribution in [0.5, 0.6) is 0 Å². The van der Waals surface area contributed by atoms with Crippen LogP contribution in [0, 0.1) is 47.3 Å². The molecule has 0 radical (unpaired) electrons. The lowest BCUT2D eigenvalue weighted by atomic mass is 9.31. The van der Waals surface area contributed by atoms with Crippen LogP contribution < -0.4 is 0 Å². The third kappa shape index (κ3) is 0.755. The Morgan fingerprint density at radius 1 is 0.667 bits per heavy atom. The van der Waals surface area contributed by atoms with Gasteiger partial charge in [0.05, 0.1) is 0 Å². The zero-order valence-corrected chi connectivity index (χ0v) is 9.73. The number of rotatable bonds is 0. The molecule has 5 atom stereocenters. The summed E-state index contributed by atoms with van der Waals surface area (Å²) in [6.07, 6.45) is 8.22. The Hall–Kier alpha value is 0.0649. The van der Waals surface area contributed by atoms with Crippen LogP contribution >= 0.6 is 0 Å². The second-order valence-corrected chi connectivity index (χ2v) is 7.56. The highest BCUT2D eigenvalue weighted by molar-refractivity contribution is 6.12. The van der Waals surface area contributed by atoms with Crippen LogP contribution in [0.3, 0.4) is 0 Å². The van der Waals surface area contributed by atoms with Crippen molar-refractivity contribution in [3.05, 3.63) is 0 Å². The Balaban J connectivity index is 1.69. The summed E-state index contributed by atoms with van der Waals surface area (Å²) in [5.74, 6) is 10.7. The minimum atomic E-state index is 1.10. The highest BCUT2D eigenvalue weighted by atomic mass is 14.7. The Morgan fingerprint density at radius 2 is 1.20 bits per heavy atom. The van der Waals surface area contributed by atoms with E-state index in [1.54, 1.807) is 32.1 Å². The second kappa shape index (κ2) is 2.34. The summed E-state index contributed by atoms with van der Waals surface area (Å²) in [7, 11) is 2.60. The first-order valence-electron chi connectivity index (χ1n) is 7.33. The maximum atomic E-state index is 2.60. The van der Waals surface area contributed by atoms with Crippen molar-refractivity contribution in [2.45, 2.75) is 37.9 Å². The molecule has 7 aliphatic rings. The molecule has 0 amide bonds. The highest BCUT2D eigenvalue weighted by Crippen LogP contribution is 2.73. The lowest BCUT2D eigenvalue weighted by Gasteiger charge is -2.71. The van der Waals surface area contributed by atoms with Crippen LogP contribution in [0.4, 0.5) is 0 Å².